The lowest BCUT2D eigenvalue weighted by molar-refractivity contribution is -0.274. The van der Waals surface area contributed by atoms with E-state index in [4.69, 9.17) is 0 Å². The van der Waals surface area contributed by atoms with Crippen LogP contribution in [0.15, 0.2) is 42.5 Å². The third-order valence-corrected chi connectivity index (χ3v) is 5.91. The van der Waals surface area contributed by atoms with Gasteiger partial charge in [0.2, 0.25) is 0 Å². The van der Waals surface area contributed by atoms with Crippen LogP contribution in [0.1, 0.15) is 23.6 Å². The molecule has 144 valence electrons. The maximum absolute atomic E-state index is 13.4. The first-order chi connectivity index (χ1) is 12.6. The second-order valence-corrected chi connectivity index (χ2v) is 8.11. The molecule has 0 aliphatic heterocycles. The molecule has 0 spiro atoms. The Morgan fingerprint density at radius 1 is 1.15 bits per heavy atom. The number of alkyl halides is 3. The van der Waals surface area contributed by atoms with Crippen molar-refractivity contribution < 1.29 is 30.7 Å². The number of aromatic nitrogens is 2. The number of sulfone groups is 1. The Morgan fingerprint density at radius 2 is 1.81 bits per heavy atom. The van der Waals surface area contributed by atoms with Gasteiger partial charge in [-0.3, -0.25) is 0 Å². The fourth-order valence-corrected chi connectivity index (χ4v) is 4.03. The Morgan fingerprint density at radius 3 is 2.41 bits per heavy atom. The molecule has 0 aliphatic carbocycles. The number of nitrogens with zero attached hydrogens (tertiary/aromatic N) is 1. The zero-order chi connectivity index (χ0) is 19.8. The molecule has 0 bridgehead atoms. The van der Waals surface area contributed by atoms with Crippen molar-refractivity contribution >= 4 is 20.9 Å². The second-order valence-electron chi connectivity index (χ2n) is 5.73. The van der Waals surface area contributed by atoms with Crippen LogP contribution >= 0.6 is 0 Å². The van der Waals surface area contributed by atoms with Crippen molar-refractivity contribution in [3.8, 4) is 5.75 Å². The molecule has 0 saturated heterocycles. The van der Waals surface area contributed by atoms with E-state index in [0.29, 0.717) is 5.52 Å². The van der Waals surface area contributed by atoms with Gasteiger partial charge in [-0.05, 0) is 29.8 Å². The number of nitrogens with one attached hydrogen (secondary N) is 1. The first-order valence-electron chi connectivity index (χ1n) is 7.81. The molecule has 1 N–H and O–H groups in total. The highest BCUT2D eigenvalue weighted by Crippen LogP contribution is 2.32. The summed E-state index contributed by atoms with van der Waals surface area (Å²) in [6.07, 6.45) is -4.85. The number of hydrogen-bond donors (Lipinski definition) is 1. The standard InChI is InChI=1S/C17H14F4N2O3S/c1-2-27(24,25)15(10-3-6-12(7-4-10)26-17(19,20)21)16-22-13-8-5-11(18)9-14(13)23-16/h3-9,15H,2H2,1H3,(H,22,23). The van der Waals surface area contributed by atoms with Crippen molar-refractivity contribution in [2.45, 2.75) is 18.5 Å². The van der Waals surface area contributed by atoms with Gasteiger partial charge in [0.1, 0.15) is 22.6 Å². The van der Waals surface area contributed by atoms with Crippen molar-refractivity contribution in [1.82, 2.24) is 9.97 Å². The normalized spacial score (nSPS) is 13.7. The highest BCUT2D eigenvalue weighted by atomic mass is 32.2. The topological polar surface area (TPSA) is 72.1 Å². The first-order valence-corrected chi connectivity index (χ1v) is 9.53. The van der Waals surface area contributed by atoms with Gasteiger partial charge in [-0.1, -0.05) is 19.1 Å². The molecule has 5 nitrogen and oxygen atoms in total. The molecule has 0 amide bonds. The molecule has 0 radical (unpaired) electrons. The molecule has 27 heavy (non-hydrogen) atoms. The average Bonchev–Trinajstić information content (AvgIpc) is 2.97. The SMILES string of the molecule is CCS(=O)(=O)C(c1ccc(OC(F)(F)F)cc1)c1nc2cc(F)ccc2[nH]1. The summed E-state index contributed by atoms with van der Waals surface area (Å²) in [7, 11) is -3.72. The molecule has 3 aromatic rings. The number of hydrogen-bond acceptors (Lipinski definition) is 4. The summed E-state index contributed by atoms with van der Waals surface area (Å²) >= 11 is 0. The zero-order valence-electron chi connectivity index (χ0n) is 13.9. The van der Waals surface area contributed by atoms with E-state index in [2.05, 4.69) is 14.7 Å². The lowest BCUT2D eigenvalue weighted by Gasteiger charge is -2.16. The van der Waals surface area contributed by atoms with Crippen LogP contribution in [-0.4, -0.2) is 30.5 Å². The van der Waals surface area contributed by atoms with Crippen LogP contribution in [0.3, 0.4) is 0 Å². The number of benzene rings is 2. The van der Waals surface area contributed by atoms with E-state index in [1.165, 1.54) is 31.2 Å². The summed E-state index contributed by atoms with van der Waals surface area (Å²) in [6.45, 7) is 1.45. The number of fused-ring (bicyclic) bond motifs is 1. The molecule has 1 heterocycles. The number of halogens is 4. The van der Waals surface area contributed by atoms with Gasteiger partial charge in [0.25, 0.3) is 0 Å². The zero-order valence-corrected chi connectivity index (χ0v) is 14.7. The smallest absolute Gasteiger partial charge is 0.406 e. The van der Waals surface area contributed by atoms with Crippen LogP contribution in [0.2, 0.25) is 0 Å². The Labute approximate surface area is 151 Å². The summed E-state index contributed by atoms with van der Waals surface area (Å²) in [5.41, 5.74) is 0.906. The van der Waals surface area contributed by atoms with E-state index in [-0.39, 0.29) is 22.7 Å². The summed E-state index contributed by atoms with van der Waals surface area (Å²) in [4.78, 5) is 7.01. The molecule has 1 aromatic heterocycles. The Kier molecular flexibility index (Phi) is 4.85. The molecule has 0 fully saturated rings. The minimum Gasteiger partial charge on any atom is -0.406 e. The van der Waals surface area contributed by atoms with Crippen LogP contribution in [0, 0.1) is 5.82 Å². The summed E-state index contributed by atoms with van der Waals surface area (Å²) in [5, 5.41) is -1.24. The summed E-state index contributed by atoms with van der Waals surface area (Å²) in [5.74, 6) is -1.15. The molecular weight excluding hydrogens is 388 g/mol. The monoisotopic (exact) mass is 402 g/mol. The van der Waals surface area contributed by atoms with Crippen molar-refractivity contribution in [2.24, 2.45) is 0 Å². The Balaban J connectivity index is 2.06. The first kappa shape index (κ1) is 19.2. The second kappa shape index (κ2) is 6.84. The van der Waals surface area contributed by atoms with E-state index in [9.17, 15) is 26.0 Å². The van der Waals surface area contributed by atoms with Crippen molar-refractivity contribution in [2.75, 3.05) is 5.75 Å². The molecular formula is C17H14F4N2O3S. The van der Waals surface area contributed by atoms with Crippen LogP contribution in [0.5, 0.6) is 5.75 Å². The molecule has 2 aromatic carbocycles. The van der Waals surface area contributed by atoms with Crippen LogP contribution < -0.4 is 4.74 Å². The van der Waals surface area contributed by atoms with E-state index in [1.54, 1.807) is 0 Å². The van der Waals surface area contributed by atoms with Crippen molar-refractivity contribution in [1.29, 1.82) is 0 Å². The third kappa shape index (κ3) is 4.21. The number of imidazole rings is 1. The molecule has 0 saturated carbocycles. The molecule has 10 heteroatoms. The van der Waals surface area contributed by atoms with Gasteiger partial charge in [0.15, 0.2) is 9.84 Å². The number of rotatable bonds is 5. The highest BCUT2D eigenvalue weighted by molar-refractivity contribution is 7.91. The fraction of sp³-hybridized carbons (Fsp3) is 0.235. The van der Waals surface area contributed by atoms with E-state index in [1.807, 2.05) is 0 Å². The summed E-state index contributed by atoms with van der Waals surface area (Å²) in [6, 6.07) is 8.31. The minimum absolute atomic E-state index is 0.0574. The lowest BCUT2D eigenvalue weighted by atomic mass is 10.1. The predicted octanol–water partition coefficient (Wildman–Crippen LogP) is 4.12. The van der Waals surface area contributed by atoms with Gasteiger partial charge in [-0.2, -0.15) is 0 Å². The van der Waals surface area contributed by atoms with E-state index in [0.717, 1.165) is 18.2 Å². The minimum atomic E-state index is -4.85. The molecule has 1 atom stereocenters. The van der Waals surface area contributed by atoms with Crippen LogP contribution in [0.25, 0.3) is 11.0 Å². The Hall–Kier alpha value is -2.62. The fourth-order valence-electron chi connectivity index (χ4n) is 2.67. The highest BCUT2D eigenvalue weighted by Gasteiger charge is 2.33. The summed E-state index contributed by atoms with van der Waals surface area (Å²) < 4.78 is 79.3. The molecule has 0 aliphatic rings. The van der Waals surface area contributed by atoms with Gasteiger partial charge in [0.05, 0.1) is 11.0 Å². The maximum atomic E-state index is 13.4. The number of ether oxygens (including phenoxy) is 1. The lowest BCUT2D eigenvalue weighted by Crippen LogP contribution is -2.19. The number of H-pyrrole nitrogens is 1. The van der Waals surface area contributed by atoms with Gasteiger partial charge < -0.3 is 9.72 Å². The van der Waals surface area contributed by atoms with Gasteiger partial charge in [-0.15, -0.1) is 13.2 Å². The van der Waals surface area contributed by atoms with Gasteiger partial charge in [-0.25, -0.2) is 17.8 Å². The molecule has 1 unspecified atom stereocenters. The largest absolute Gasteiger partial charge is 0.573 e. The maximum Gasteiger partial charge on any atom is 0.573 e. The quantitative estimate of drug-likeness (QED) is 0.652. The van der Waals surface area contributed by atoms with E-state index >= 15 is 0 Å². The number of aromatic amines is 1. The van der Waals surface area contributed by atoms with Crippen molar-refractivity contribution in [3.05, 3.63) is 59.7 Å². The van der Waals surface area contributed by atoms with Gasteiger partial charge in [0, 0.05) is 11.8 Å². The van der Waals surface area contributed by atoms with Crippen molar-refractivity contribution in [3.63, 3.8) is 0 Å². The van der Waals surface area contributed by atoms with Crippen LogP contribution in [-0.2, 0) is 9.84 Å². The molecule has 3 rings (SSSR count). The average molecular weight is 402 g/mol. The van der Waals surface area contributed by atoms with Crippen LogP contribution in [0.4, 0.5) is 17.6 Å². The Bertz CT molecular complexity index is 1060. The van der Waals surface area contributed by atoms with Gasteiger partial charge >= 0.3 is 6.36 Å². The van der Waals surface area contributed by atoms with E-state index < -0.39 is 33.0 Å². The third-order valence-electron chi connectivity index (χ3n) is 3.89. The predicted molar refractivity (Wildman–Crippen MR) is 90.5 cm³/mol.